The van der Waals surface area contributed by atoms with Crippen molar-refractivity contribution in [2.24, 2.45) is 7.05 Å². The molecule has 4 rings (SSSR count). The first-order valence-electron chi connectivity index (χ1n) is 11.8. The first kappa shape index (κ1) is 25.0. The van der Waals surface area contributed by atoms with Gasteiger partial charge in [-0.3, -0.25) is 0 Å². The zero-order valence-electron chi connectivity index (χ0n) is 21.1. The van der Waals surface area contributed by atoms with Gasteiger partial charge in [-0.05, 0) is 67.7 Å². The average molecular weight is 488 g/mol. The Balaban J connectivity index is 0.00000380. The summed E-state index contributed by atoms with van der Waals surface area (Å²) in [6.07, 6.45) is 9.26. The molecular formula is C30H31F2N3O. The van der Waals surface area contributed by atoms with Crippen LogP contribution in [0.15, 0.2) is 65.2 Å². The second-order valence-corrected chi connectivity index (χ2v) is 8.86. The molecule has 2 aromatic carbocycles. The topological polar surface area (TPSA) is 43.0 Å². The molecule has 4 aromatic rings. The van der Waals surface area contributed by atoms with Gasteiger partial charge in [0.15, 0.2) is 11.4 Å². The van der Waals surface area contributed by atoms with Gasteiger partial charge in [-0.1, -0.05) is 54.4 Å². The van der Waals surface area contributed by atoms with Crippen LogP contribution in [-0.2, 0) is 13.0 Å². The highest BCUT2D eigenvalue weighted by atomic mass is 19.3. The molecule has 0 fully saturated rings. The molecule has 1 N–H and O–H groups in total. The van der Waals surface area contributed by atoms with Crippen LogP contribution in [0.1, 0.15) is 55.3 Å². The normalized spacial score (nSPS) is 12.0. The highest BCUT2D eigenvalue weighted by Crippen LogP contribution is 2.32. The van der Waals surface area contributed by atoms with Gasteiger partial charge in [0.1, 0.15) is 0 Å². The summed E-state index contributed by atoms with van der Waals surface area (Å²) in [5, 5.41) is 8.00. The van der Waals surface area contributed by atoms with E-state index in [-0.39, 0.29) is 6.99 Å². The number of allylic oxidation sites excluding steroid dienone is 3. The number of halogens is 2. The van der Waals surface area contributed by atoms with E-state index in [0.29, 0.717) is 17.1 Å². The highest BCUT2D eigenvalue weighted by molar-refractivity contribution is 5.94. The number of aromatic nitrogens is 2. The van der Waals surface area contributed by atoms with Gasteiger partial charge in [-0.25, -0.2) is 8.78 Å². The number of aryl methyl sites for hydroxylation is 2. The molecule has 2 aromatic heterocycles. The summed E-state index contributed by atoms with van der Waals surface area (Å²) in [7, 11) is 2.00. The summed E-state index contributed by atoms with van der Waals surface area (Å²) in [5.74, 6) is 4.07. The average Bonchev–Trinajstić information content (AvgIpc) is 3.36. The van der Waals surface area contributed by atoms with Gasteiger partial charge in [0.2, 0.25) is 0 Å². The van der Waals surface area contributed by atoms with Crippen LogP contribution >= 0.6 is 0 Å². The Morgan fingerprint density at radius 2 is 1.92 bits per heavy atom. The molecule has 186 valence electrons. The maximum Gasteiger partial charge on any atom is 0.270 e. The van der Waals surface area contributed by atoms with Crippen LogP contribution in [0.25, 0.3) is 17.0 Å². The van der Waals surface area contributed by atoms with Gasteiger partial charge in [-0.15, -0.1) is 0 Å². The van der Waals surface area contributed by atoms with Gasteiger partial charge in [0, 0.05) is 32.3 Å². The van der Waals surface area contributed by atoms with Crippen LogP contribution in [0.2, 0.25) is 0 Å². The van der Waals surface area contributed by atoms with E-state index in [1.807, 2.05) is 38.3 Å². The zero-order chi connectivity index (χ0) is 25.9. The molecule has 0 radical (unpaired) electrons. The first-order chi connectivity index (χ1) is 17.2. The fraction of sp³-hybridized carbons (Fsp3) is 0.233. The SMILES string of the molecule is CC/C=C/C=C\c1c(C)cc(C#Cc2c(C)ccc3c(Nc4cccc(C(C)(F)F)c4)noc23)n1C.[HH]. The molecule has 0 spiro atoms. The number of nitrogens with one attached hydrogen (secondary N) is 1. The number of nitrogens with zero attached hydrogens (tertiary/aromatic N) is 2. The molecule has 6 heteroatoms. The number of hydrogen-bond donors (Lipinski definition) is 1. The van der Waals surface area contributed by atoms with E-state index in [0.717, 1.165) is 46.8 Å². The Kier molecular flexibility index (Phi) is 7.12. The molecule has 0 amide bonds. The van der Waals surface area contributed by atoms with E-state index in [4.69, 9.17) is 4.52 Å². The predicted molar refractivity (Wildman–Crippen MR) is 145 cm³/mol. The monoisotopic (exact) mass is 487 g/mol. The lowest BCUT2D eigenvalue weighted by molar-refractivity contribution is 0.0175. The van der Waals surface area contributed by atoms with Crippen LogP contribution in [-0.4, -0.2) is 9.72 Å². The minimum Gasteiger partial charge on any atom is -0.353 e. The van der Waals surface area contributed by atoms with Crippen LogP contribution < -0.4 is 5.32 Å². The summed E-state index contributed by atoms with van der Waals surface area (Å²) >= 11 is 0. The van der Waals surface area contributed by atoms with Crippen molar-refractivity contribution in [2.45, 2.75) is 40.0 Å². The second-order valence-electron chi connectivity index (χ2n) is 8.86. The number of anilines is 2. The third kappa shape index (κ3) is 5.26. The van der Waals surface area contributed by atoms with E-state index in [9.17, 15) is 8.78 Å². The maximum atomic E-state index is 13.8. The minimum absolute atomic E-state index is 0. The lowest BCUT2D eigenvalue weighted by atomic mass is 10.1. The summed E-state index contributed by atoms with van der Waals surface area (Å²) in [5.41, 5.74) is 5.81. The zero-order valence-corrected chi connectivity index (χ0v) is 21.1. The Morgan fingerprint density at radius 3 is 2.67 bits per heavy atom. The fourth-order valence-electron chi connectivity index (χ4n) is 3.98. The quantitative estimate of drug-likeness (QED) is 0.220. The van der Waals surface area contributed by atoms with Gasteiger partial charge in [0.05, 0.1) is 16.6 Å². The largest absolute Gasteiger partial charge is 0.353 e. The number of fused-ring (bicyclic) bond motifs is 1. The van der Waals surface area contributed by atoms with Crippen molar-refractivity contribution in [2.75, 3.05) is 5.32 Å². The van der Waals surface area contributed by atoms with E-state index in [2.05, 4.69) is 58.9 Å². The molecule has 0 saturated carbocycles. The van der Waals surface area contributed by atoms with Crippen LogP contribution in [0, 0.1) is 25.7 Å². The first-order valence-corrected chi connectivity index (χ1v) is 11.8. The molecule has 4 nitrogen and oxygen atoms in total. The standard InChI is InChI=1S/C30H29F2N3O.H2/c1-6-7-8-9-13-27-21(3)18-24(35(27)5)15-17-25-20(2)14-16-26-28(25)36-34-29(26)33-23-12-10-11-22(19-23)30(4,31)32;/h7-14,16,18-19H,6H2,1-5H3,(H,33,34);1H/b8-7+,13-9-;. The lowest BCUT2D eigenvalue weighted by Crippen LogP contribution is -2.07. The molecule has 0 unspecified atom stereocenters. The van der Waals surface area contributed by atoms with Gasteiger partial charge < -0.3 is 14.4 Å². The minimum atomic E-state index is -2.93. The van der Waals surface area contributed by atoms with Crippen molar-refractivity contribution >= 4 is 28.6 Å². The Morgan fingerprint density at radius 1 is 1.11 bits per heavy atom. The van der Waals surface area contributed by atoms with Crippen molar-refractivity contribution in [1.82, 2.24) is 9.72 Å². The molecule has 2 heterocycles. The number of benzene rings is 2. The van der Waals surface area contributed by atoms with Crippen molar-refractivity contribution in [3.8, 4) is 11.8 Å². The Bertz CT molecular complexity index is 1530. The van der Waals surface area contributed by atoms with E-state index >= 15 is 0 Å². The van der Waals surface area contributed by atoms with E-state index in [1.54, 1.807) is 12.1 Å². The summed E-state index contributed by atoms with van der Waals surface area (Å²) in [6.45, 7) is 7.02. The fourth-order valence-corrected chi connectivity index (χ4v) is 3.98. The second kappa shape index (κ2) is 10.2. The number of alkyl halides is 2. The molecular weight excluding hydrogens is 456 g/mol. The van der Waals surface area contributed by atoms with E-state index < -0.39 is 5.92 Å². The Labute approximate surface area is 211 Å². The molecule has 0 aliphatic carbocycles. The van der Waals surface area contributed by atoms with Crippen LogP contribution in [0.5, 0.6) is 0 Å². The molecule has 36 heavy (non-hydrogen) atoms. The highest BCUT2D eigenvalue weighted by Gasteiger charge is 2.24. The molecule has 0 atom stereocenters. The van der Waals surface area contributed by atoms with Crippen molar-refractivity contribution in [1.29, 1.82) is 0 Å². The Hall–Kier alpha value is -4.11. The summed E-state index contributed by atoms with van der Waals surface area (Å²) < 4.78 is 35.2. The maximum absolute atomic E-state index is 13.8. The number of rotatable bonds is 6. The summed E-state index contributed by atoms with van der Waals surface area (Å²) in [4.78, 5) is 0. The van der Waals surface area contributed by atoms with Crippen molar-refractivity contribution < 1.29 is 14.7 Å². The van der Waals surface area contributed by atoms with Gasteiger partial charge in [0.25, 0.3) is 5.92 Å². The molecule has 0 bridgehead atoms. The summed E-state index contributed by atoms with van der Waals surface area (Å²) in [6, 6.07) is 12.0. The van der Waals surface area contributed by atoms with Gasteiger partial charge >= 0.3 is 0 Å². The van der Waals surface area contributed by atoms with Crippen LogP contribution in [0.3, 0.4) is 0 Å². The molecule has 0 saturated heterocycles. The van der Waals surface area contributed by atoms with Crippen molar-refractivity contribution in [3.05, 3.63) is 94.3 Å². The predicted octanol–water partition coefficient (Wildman–Crippen LogP) is 8.26. The molecule has 0 aliphatic heterocycles. The van der Waals surface area contributed by atoms with E-state index in [1.165, 1.54) is 12.1 Å². The van der Waals surface area contributed by atoms with Crippen molar-refractivity contribution in [3.63, 3.8) is 0 Å². The lowest BCUT2D eigenvalue weighted by Gasteiger charge is -2.12. The molecule has 0 aliphatic rings. The van der Waals surface area contributed by atoms with Gasteiger partial charge in [-0.2, -0.15) is 0 Å². The third-order valence-electron chi connectivity index (χ3n) is 6.01. The smallest absolute Gasteiger partial charge is 0.270 e. The third-order valence-corrected chi connectivity index (χ3v) is 6.01. The van der Waals surface area contributed by atoms with Crippen LogP contribution in [0.4, 0.5) is 20.3 Å². The number of hydrogen-bond acceptors (Lipinski definition) is 3.